The van der Waals surface area contributed by atoms with E-state index in [9.17, 15) is 14.4 Å². The zero-order chi connectivity index (χ0) is 19.0. The topological polar surface area (TPSA) is 98.8 Å². The lowest BCUT2D eigenvalue weighted by Crippen LogP contribution is -2.21. The number of carbonyl (C=O) groups excluding carboxylic acids is 1. The van der Waals surface area contributed by atoms with E-state index >= 15 is 0 Å². The summed E-state index contributed by atoms with van der Waals surface area (Å²) in [7, 11) is 1.53. The summed E-state index contributed by atoms with van der Waals surface area (Å²) in [6.07, 6.45) is 0. The molecule has 0 fully saturated rings. The second-order valence-electron chi connectivity index (χ2n) is 5.76. The zero-order valence-corrected chi connectivity index (χ0v) is 14.1. The minimum atomic E-state index is -0.843. The van der Waals surface area contributed by atoms with Crippen molar-refractivity contribution in [2.45, 2.75) is 0 Å². The number of carbonyl (C=O) groups is 1. The Kier molecular flexibility index (Phi) is 3.97. The number of hydrogen-bond donors (Lipinski definition) is 1. The van der Waals surface area contributed by atoms with Crippen molar-refractivity contribution in [2.75, 3.05) is 12.4 Å². The number of benzene rings is 2. The van der Waals surface area contributed by atoms with Gasteiger partial charge in [-0.15, -0.1) is 0 Å². The van der Waals surface area contributed by atoms with Crippen LogP contribution in [0.2, 0.25) is 0 Å². The average molecular weight is 363 g/mol. The lowest BCUT2D eigenvalue weighted by atomic mass is 10.1. The van der Waals surface area contributed by atoms with E-state index in [0.717, 1.165) is 0 Å². The molecule has 0 aliphatic rings. The summed E-state index contributed by atoms with van der Waals surface area (Å²) in [4.78, 5) is 37.0. The number of para-hydroxylation sites is 1. The molecule has 0 radical (unpaired) electrons. The number of anilines is 1. The number of amides is 1. The van der Waals surface area contributed by atoms with Crippen LogP contribution in [-0.4, -0.2) is 13.0 Å². The van der Waals surface area contributed by atoms with Crippen molar-refractivity contribution >= 4 is 33.5 Å². The highest BCUT2D eigenvalue weighted by atomic mass is 16.5. The Morgan fingerprint density at radius 3 is 2.41 bits per heavy atom. The molecule has 0 bridgehead atoms. The first-order valence-corrected chi connectivity index (χ1v) is 8.02. The standard InChI is InChI=1S/C20H13NO6/c1-25-12-8-6-11(7-9-12)21-18(22)15-10-14-17(27-20(15)24)13-4-2-3-5-16(13)26-19(14)23/h2-10H,1H3,(H,21,22). The molecule has 4 rings (SSSR count). The Bertz CT molecular complexity index is 1280. The quantitative estimate of drug-likeness (QED) is 0.443. The lowest BCUT2D eigenvalue weighted by Gasteiger charge is -2.06. The van der Waals surface area contributed by atoms with Gasteiger partial charge in [-0.2, -0.15) is 0 Å². The number of rotatable bonds is 3. The van der Waals surface area contributed by atoms with Crippen LogP contribution in [0.25, 0.3) is 21.9 Å². The van der Waals surface area contributed by atoms with E-state index < -0.39 is 17.2 Å². The predicted octanol–water partition coefficient (Wildman–Crippen LogP) is 3.16. The number of hydrogen-bond acceptors (Lipinski definition) is 6. The van der Waals surface area contributed by atoms with Crippen molar-refractivity contribution < 1.29 is 18.4 Å². The second kappa shape index (κ2) is 6.45. The van der Waals surface area contributed by atoms with Crippen LogP contribution >= 0.6 is 0 Å². The van der Waals surface area contributed by atoms with Crippen molar-refractivity contribution in [1.82, 2.24) is 0 Å². The summed E-state index contributed by atoms with van der Waals surface area (Å²) in [5.41, 5.74) is -0.969. The maximum atomic E-state index is 12.5. The van der Waals surface area contributed by atoms with Gasteiger partial charge in [0.2, 0.25) is 0 Å². The van der Waals surface area contributed by atoms with E-state index in [1.807, 2.05) is 0 Å². The van der Waals surface area contributed by atoms with Gasteiger partial charge in [-0.3, -0.25) is 4.79 Å². The molecule has 2 aromatic heterocycles. The van der Waals surface area contributed by atoms with E-state index in [-0.39, 0.29) is 16.5 Å². The van der Waals surface area contributed by atoms with Crippen LogP contribution in [0.1, 0.15) is 10.4 Å². The predicted molar refractivity (Wildman–Crippen MR) is 99.5 cm³/mol. The SMILES string of the molecule is COc1ccc(NC(=O)c2cc3c(=O)oc4ccccc4c3oc2=O)cc1. The fourth-order valence-corrected chi connectivity index (χ4v) is 2.75. The van der Waals surface area contributed by atoms with Crippen LogP contribution in [0.5, 0.6) is 5.75 Å². The smallest absolute Gasteiger partial charge is 0.349 e. The third kappa shape index (κ3) is 2.95. The van der Waals surface area contributed by atoms with Crippen LogP contribution in [0.3, 0.4) is 0 Å². The minimum Gasteiger partial charge on any atom is -0.497 e. The fourth-order valence-electron chi connectivity index (χ4n) is 2.75. The zero-order valence-electron chi connectivity index (χ0n) is 14.1. The molecule has 0 saturated carbocycles. The minimum absolute atomic E-state index is 0.0215. The van der Waals surface area contributed by atoms with Gasteiger partial charge in [-0.25, -0.2) is 9.59 Å². The molecular formula is C20H13NO6. The summed E-state index contributed by atoms with van der Waals surface area (Å²) in [5, 5.41) is 3.08. The molecule has 1 N–H and O–H groups in total. The third-order valence-corrected chi connectivity index (χ3v) is 4.09. The maximum absolute atomic E-state index is 12.5. The highest BCUT2D eigenvalue weighted by molar-refractivity contribution is 6.07. The molecule has 0 saturated heterocycles. The van der Waals surface area contributed by atoms with E-state index in [0.29, 0.717) is 22.4 Å². The van der Waals surface area contributed by atoms with Gasteiger partial charge < -0.3 is 18.9 Å². The molecule has 0 atom stereocenters. The first kappa shape index (κ1) is 16.6. The van der Waals surface area contributed by atoms with Gasteiger partial charge in [0.15, 0.2) is 5.58 Å². The Morgan fingerprint density at radius 2 is 1.67 bits per heavy atom. The van der Waals surface area contributed by atoms with Gasteiger partial charge in [0.25, 0.3) is 5.91 Å². The summed E-state index contributed by atoms with van der Waals surface area (Å²) < 4.78 is 15.6. The van der Waals surface area contributed by atoms with Crippen LogP contribution in [0, 0.1) is 0 Å². The van der Waals surface area contributed by atoms with Gasteiger partial charge in [0.05, 0.1) is 12.5 Å². The Morgan fingerprint density at radius 1 is 0.926 bits per heavy atom. The van der Waals surface area contributed by atoms with Crippen molar-refractivity contribution in [2.24, 2.45) is 0 Å². The molecule has 7 heteroatoms. The van der Waals surface area contributed by atoms with Crippen LogP contribution < -0.4 is 21.3 Å². The molecule has 4 aromatic rings. The average Bonchev–Trinajstić information content (AvgIpc) is 2.68. The third-order valence-electron chi connectivity index (χ3n) is 4.09. The summed E-state index contributed by atoms with van der Waals surface area (Å²) in [6, 6.07) is 14.5. The van der Waals surface area contributed by atoms with Crippen LogP contribution in [0.15, 0.2) is 73.0 Å². The number of fused-ring (bicyclic) bond motifs is 3. The molecule has 7 nitrogen and oxygen atoms in total. The summed E-state index contributed by atoms with van der Waals surface area (Å²) >= 11 is 0. The van der Waals surface area contributed by atoms with Crippen molar-refractivity contribution in [3.8, 4) is 5.75 Å². The van der Waals surface area contributed by atoms with Crippen molar-refractivity contribution in [3.63, 3.8) is 0 Å². The first-order valence-electron chi connectivity index (χ1n) is 8.02. The van der Waals surface area contributed by atoms with Crippen molar-refractivity contribution in [3.05, 3.63) is 81.0 Å². The molecule has 0 spiro atoms. The highest BCUT2D eigenvalue weighted by Crippen LogP contribution is 2.22. The molecule has 0 unspecified atom stereocenters. The van der Waals surface area contributed by atoms with Gasteiger partial charge in [-0.1, -0.05) is 12.1 Å². The lowest BCUT2D eigenvalue weighted by molar-refractivity contribution is 0.102. The normalized spacial score (nSPS) is 10.9. The number of nitrogens with one attached hydrogen (secondary N) is 1. The molecule has 134 valence electrons. The molecule has 2 aromatic carbocycles. The highest BCUT2D eigenvalue weighted by Gasteiger charge is 2.18. The van der Waals surface area contributed by atoms with Gasteiger partial charge in [-0.05, 0) is 42.5 Å². The Labute approximate surface area is 151 Å². The number of methoxy groups -OCH3 is 1. The van der Waals surface area contributed by atoms with Gasteiger partial charge >= 0.3 is 11.3 Å². The second-order valence-corrected chi connectivity index (χ2v) is 5.76. The maximum Gasteiger partial charge on any atom is 0.349 e. The van der Waals surface area contributed by atoms with Crippen LogP contribution in [-0.2, 0) is 0 Å². The monoisotopic (exact) mass is 363 g/mol. The molecule has 27 heavy (non-hydrogen) atoms. The van der Waals surface area contributed by atoms with Gasteiger partial charge in [0, 0.05) is 5.69 Å². The van der Waals surface area contributed by atoms with E-state index in [1.54, 1.807) is 48.5 Å². The van der Waals surface area contributed by atoms with Gasteiger partial charge in [0.1, 0.15) is 22.3 Å². The van der Waals surface area contributed by atoms with E-state index in [1.165, 1.54) is 13.2 Å². The molecule has 0 aliphatic carbocycles. The molecule has 0 aliphatic heterocycles. The Balaban J connectivity index is 1.79. The fraction of sp³-hybridized carbons (Fsp3) is 0.0500. The number of ether oxygens (including phenoxy) is 1. The largest absolute Gasteiger partial charge is 0.497 e. The summed E-state index contributed by atoms with van der Waals surface area (Å²) in [6.45, 7) is 0. The summed E-state index contributed by atoms with van der Waals surface area (Å²) in [5.74, 6) is -0.0638. The van der Waals surface area contributed by atoms with E-state index in [4.69, 9.17) is 13.6 Å². The first-order chi connectivity index (χ1) is 13.1. The molecule has 1 amide bonds. The van der Waals surface area contributed by atoms with Crippen molar-refractivity contribution in [1.29, 1.82) is 0 Å². The van der Waals surface area contributed by atoms with E-state index in [2.05, 4.69) is 5.32 Å². The molecular weight excluding hydrogens is 350 g/mol. The molecule has 2 heterocycles. The van der Waals surface area contributed by atoms with Crippen LogP contribution in [0.4, 0.5) is 5.69 Å². The Hall–Kier alpha value is -3.87.